The SMILES string of the molecule is CCCOc1c(Br)cc(/C=C2/N=C(c3cccc(OC)c3)OC2=O)cc1OC. The summed E-state index contributed by atoms with van der Waals surface area (Å²) in [6.45, 7) is 2.61. The fraction of sp³-hybridized carbons (Fsp3) is 0.238. The summed E-state index contributed by atoms with van der Waals surface area (Å²) in [5.41, 5.74) is 1.60. The number of methoxy groups -OCH3 is 2. The lowest BCUT2D eigenvalue weighted by molar-refractivity contribution is -0.129. The first-order chi connectivity index (χ1) is 13.5. The third-order valence-corrected chi connectivity index (χ3v) is 4.53. The fourth-order valence-corrected chi connectivity index (χ4v) is 3.19. The zero-order chi connectivity index (χ0) is 20.1. The quantitative estimate of drug-likeness (QED) is 0.460. The molecular weight excluding hydrogens is 426 g/mol. The van der Waals surface area contributed by atoms with E-state index in [2.05, 4.69) is 20.9 Å². The number of nitrogens with zero attached hydrogens (tertiary/aromatic N) is 1. The monoisotopic (exact) mass is 445 g/mol. The maximum atomic E-state index is 12.3. The molecule has 3 rings (SSSR count). The van der Waals surface area contributed by atoms with E-state index in [4.69, 9.17) is 18.9 Å². The molecule has 1 aliphatic heterocycles. The van der Waals surface area contributed by atoms with Crippen LogP contribution < -0.4 is 14.2 Å². The number of halogens is 1. The van der Waals surface area contributed by atoms with Crippen molar-refractivity contribution < 1.29 is 23.7 Å². The van der Waals surface area contributed by atoms with Gasteiger partial charge in [-0.3, -0.25) is 0 Å². The number of carbonyl (C=O) groups is 1. The predicted octanol–water partition coefficient (Wildman–Crippen LogP) is 4.60. The molecule has 2 aromatic carbocycles. The number of carbonyl (C=O) groups excluding carboxylic acids is 1. The minimum absolute atomic E-state index is 0.203. The second-order valence-corrected chi connectivity index (χ2v) is 6.80. The second-order valence-electron chi connectivity index (χ2n) is 5.95. The standard InChI is InChI=1S/C21H20BrNO5/c1-4-8-27-19-16(22)9-13(11-18(19)26-3)10-17-21(24)28-20(23-17)14-6-5-7-15(12-14)25-2/h5-7,9-12H,4,8H2,1-3H3/b17-10+. The molecule has 0 unspecified atom stereocenters. The molecule has 6 nitrogen and oxygen atoms in total. The first kappa shape index (κ1) is 19.9. The Labute approximate surface area is 171 Å². The van der Waals surface area contributed by atoms with Gasteiger partial charge in [0.1, 0.15) is 5.75 Å². The molecule has 7 heteroatoms. The van der Waals surface area contributed by atoms with E-state index in [1.165, 1.54) is 0 Å². The van der Waals surface area contributed by atoms with Crippen LogP contribution in [0.2, 0.25) is 0 Å². The third kappa shape index (κ3) is 4.36. The largest absolute Gasteiger partial charge is 0.497 e. The van der Waals surface area contributed by atoms with Crippen molar-refractivity contribution in [2.75, 3.05) is 20.8 Å². The number of rotatable bonds is 7. The number of benzene rings is 2. The van der Waals surface area contributed by atoms with Crippen LogP contribution in [0.1, 0.15) is 24.5 Å². The number of esters is 1. The molecule has 0 aliphatic carbocycles. The van der Waals surface area contributed by atoms with Crippen LogP contribution in [0.5, 0.6) is 17.2 Å². The van der Waals surface area contributed by atoms with E-state index in [1.54, 1.807) is 38.5 Å². The maximum Gasteiger partial charge on any atom is 0.363 e. The van der Waals surface area contributed by atoms with E-state index in [9.17, 15) is 4.79 Å². The highest BCUT2D eigenvalue weighted by molar-refractivity contribution is 9.10. The Hall–Kier alpha value is -2.80. The molecule has 0 bridgehead atoms. The van der Waals surface area contributed by atoms with Gasteiger partial charge in [0.05, 0.1) is 25.3 Å². The topological polar surface area (TPSA) is 66.3 Å². The predicted molar refractivity (Wildman–Crippen MR) is 110 cm³/mol. The number of ether oxygens (including phenoxy) is 4. The summed E-state index contributed by atoms with van der Waals surface area (Å²) in [6, 6.07) is 10.8. The van der Waals surface area contributed by atoms with Crippen molar-refractivity contribution in [1.82, 2.24) is 0 Å². The molecule has 0 N–H and O–H groups in total. The summed E-state index contributed by atoms with van der Waals surface area (Å²) >= 11 is 3.50. The van der Waals surface area contributed by atoms with Gasteiger partial charge in [-0.2, -0.15) is 0 Å². The number of hydrogen-bond donors (Lipinski definition) is 0. The third-order valence-electron chi connectivity index (χ3n) is 3.94. The van der Waals surface area contributed by atoms with Crippen LogP contribution in [0.15, 0.2) is 51.6 Å². The second kappa shape index (κ2) is 8.93. The zero-order valence-electron chi connectivity index (χ0n) is 15.8. The molecule has 1 aliphatic rings. The van der Waals surface area contributed by atoms with Crippen LogP contribution in [0.4, 0.5) is 0 Å². The maximum absolute atomic E-state index is 12.3. The van der Waals surface area contributed by atoms with Gasteiger partial charge in [0.2, 0.25) is 5.90 Å². The van der Waals surface area contributed by atoms with Gasteiger partial charge in [-0.25, -0.2) is 9.79 Å². The Morgan fingerprint density at radius 3 is 2.71 bits per heavy atom. The summed E-state index contributed by atoms with van der Waals surface area (Å²) in [5.74, 6) is 1.58. The van der Waals surface area contributed by atoms with E-state index >= 15 is 0 Å². The van der Waals surface area contributed by atoms with Gasteiger partial charge < -0.3 is 18.9 Å². The molecular formula is C21H20BrNO5. The molecule has 0 aromatic heterocycles. The normalized spacial score (nSPS) is 14.6. The van der Waals surface area contributed by atoms with Gasteiger partial charge >= 0.3 is 5.97 Å². The highest BCUT2D eigenvalue weighted by Gasteiger charge is 2.24. The van der Waals surface area contributed by atoms with E-state index in [0.717, 1.165) is 16.5 Å². The van der Waals surface area contributed by atoms with Crippen LogP contribution in [0, 0.1) is 0 Å². The van der Waals surface area contributed by atoms with Crippen LogP contribution >= 0.6 is 15.9 Å². The first-order valence-electron chi connectivity index (χ1n) is 8.73. The van der Waals surface area contributed by atoms with Gasteiger partial charge in [-0.05, 0) is 64.3 Å². The molecule has 0 radical (unpaired) electrons. The summed E-state index contributed by atoms with van der Waals surface area (Å²) in [4.78, 5) is 16.6. The molecule has 0 spiro atoms. The molecule has 0 saturated heterocycles. The van der Waals surface area contributed by atoms with Crippen LogP contribution in [0.25, 0.3) is 6.08 Å². The van der Waals surface area contributed by atoms with Crippen LogP contribution in [-0.2, 0) is 9.53 Å². The molecule has 0 saturated carbocycles. The van der Waals surface area contributed by atoms with E-state index < -0.39 is 5.97 Å². The van der Waals surface area contributed by atoms with Crippen molar-refractivity contribution in [2.24, 2.45) is 4.99 Å². The van der Waals surface area contributed by atoms with Crippen molar-refractivity contribution in [2.45, 2.75) is 13.3 Å². The molecule has 0 atom stereocenters. The summed E-state index contributed by atoms with van der Waals surface area (Å²) < 4.78 is 22.4. The molecule has 146 valence electrons. The molecule has 28 heavy (non-hydrogen) atoms. The summed E-state index contributed by atoms with van der Waals surface area (Å²) in [7, 11) is 3.15. The molecule has 0 amide bonds. The van der Waals surface area contributed by atoms with Crippen molar-refractivity contribution >= 4 is 33.9 Å². The van der Waals surface area contributed by atoms with Crippen molar-refractivity contribution in [3.63, 3.8) is 0 Å². The van der Waals surface area contributed by atoms with E-state index in [-0.39, 0.29) is 11.6 Å². The minimum atomic E-state index is -0.515. The molecule has 0 fully saturated rings. The van der Waals surface area contributed by atoms with Crippen LogP contribution in [-0.4, -0.2) is 32.7 Å². The lowest BCUT2D eigenvalue weighted by atomic mass is 10.1. The molecule has 1 heterocycles. The van der Waals surface area contributed by atoms with Crippen molar-refractivity contribution in [3.8, 4) is 17.2 Å². The van der Waals surface area contributed by atoms with Gasteiger partial charge in [0.15, 0.2) is 17.2 Å². The van der Waals surface area contributed by atoms with Crippen LogP contribution in [0.3, 0.4) is 0 Å². The lowest BCUT2D eigenvalue weighted by Gasteiger charge is -2.13. The minimum Gasteiger partial charge on any atom is -0.497 e. The molecule has 2 aromatic rings. The lowest BCUT2D eigenvalue weighted by Crippen LogP contribution is -2.05. The zero-order valence-corrected chi connectivity index (χ0v) is 17.4. The summed E-state index contributed by atoms with van der Waals surface area (Å²) in [5, 5.41) is 0. The van der Waals surface area contributed by atoms with Gasteiger partial charge in [-0.1, -0.05) is 13.0 Å². The van der Waals surface area contributed by atoms with E-state index in [0.29, 0.717) is 29.4 Å². The Bertz CT molecular complexity index is 952. The Balaban J connectivity index is 1.93. The fourth-order valence-electron chi connectivity index (χ4n) is 2.61. The number of aliphatic imine (C=N–C) groups is 1. The average molecular weight is 446 g/mol. The Morgan fingerprint density at radius 1 is 1.18 bits per heavy atom. The van der Waals surface area contributed by atoms with Crippen molar-refractivity contribution in [3.05, 3.63) is 57.7 Å². The highest BCUT2D eigenvalue weighted by atomic mass is 79.9. The Morgan fingerprint density at radius 2 is 2.00 bits per heavy atom. The van der Waals surface area contributed by atoms with Gasteiger partial charge in [0, 0.05) is 5.56 Å². The number of cyclic esters (lactones) is 1. The first-order valence-corrected chi connectivity index (χ1v) is 9.52. The van der Waals surface area contributed by atoms with Gasteiger partial charge in [0.25, 0.3) is 0 Å². The average Bonchev–Trinajstić information content (AvgIpc) is 3.07. The van der Waals surface area contributed by atoms with E-state index in [1.807, 2.05) is 25.1 Å². The smallest absolute Gasteiger partial charge is 0.363 e. The van der Waals surface area contributed by atoms with Gasteiger partial charge in [-0.15, -0.1) is 0 Å². The van der Waals surface area contributed by atoms with Crippen molar-refractivity contribution in [1.29, 1.82) is 0 Å². The summed E-state index contributed by atoms with van der Waals surface area (Å²) in [6.07, 6.45) is 2.53. The highest BCUT2D eigenvalue weighted by Crippen LogP contribution is 2.37. The number of hydrogen-bond acceptors (Lipinski definition) is 6. The Kier molecular flexibility index (Phi) is 6.36.